The van der Waals surface area contributed by atoms with Gasteiger partial charge in [0.05, 0.1) is 41.2 Å². The lowest BCUT2D eigenvalue weighted by Crippen LogP contribution is -2.25. The monoisotopic (exact) mass is 630 g/mol. The Balaban J connectivity index is 1.33. The zero-order valence-corrected chi connectivity index (χ0v) is 28.6. The van der Waals surface area contributed by atoms with Crippen molar-refractivity contribution in [3.8, 4) is 17.2 Å². The largest absolute Gasteiger partial charge is 0.494 e. The fourth-order valence-electron chi connectivity index (χ4n) is 6.17. The second-order valence-corrected chi connectivity index (χ2v) is 11.6. The molecular formula is C38H50N2O6. The topological polar surface area (TPSA) is 71.5 Å². The lowest BCUT2D eigenvalue weighted by molar-refractivity contribution is 0.0692. The molecule has 0 fully saturated rings. The summed E-state index contributed by atoms with van der Waals surface area (Å²) in [6.07, 6.45) is 9.47. The molecule has 1 aliphatic carbocycles. The predicted molar refractivity (Wildman–Crippen MR) is 185 cm³/mol. The van der Waals surface area contributed by atoms with E-state index in [4.69, 9.17) is 28.4 Å². The molecule has 0 bridgehead atoms. The van der Waals surface area contributed by atoms with Crippen molar-refractivity contribution in [2.75, 3.05) is 55.7 Å². The zero-order chi connectivity index (χ0) is 33.1. The van der Waals surface area contributed by atoms with E-state index in [1.54, 1.807) is 42.7 Å². The first-order valence-corrected chi connectivity index (χ1v) is 16.0. The number of fused-ring (bicyclic) bond motifs is 1. The van der Waals surface area contributed by atoms with Crippen LogP contribution in [0, 0.1) is 0 Å². The summed E-state index contributed by atoms with van der Waals surface area (Å²) in [7, 11) is 9.92. The second kappa shape index (κ2) is 17.1. The third kappa shape index (κ3) is 8.42. The van der Waals surface area contributed by atoms with Crippen molar-refractivity contribution in [2.24, 2.45) is 0 Å². The Bertz CT molecular complexity index is 1550. The minimum absolute atomic E-state index is 0.201. The number of pyridine rings is 1. The Hall–Kier alpha value is -4.01. The normalized spacial score (nSPS) is 14.8. The minimum Gasteiger partial charge on any atom is -0.494 e. The van der Waals surface area contributed by atoms with Crippen LogP contribution < -0.4 is 14.2 Å². The number of nitrogens with zero attached hydrogens (tertiary/aromatic N) is 2. The average Bonchev–Trinajstić information content (AvgIpc) is 3.08. The van der Waals surface area contributed by atoms with E-state index in [1.807, 2.05) is 18.3 Å². The zero-order valence-electron chi connectivity index (χ0n) is 28.6. The molecule has 46 heavy (non-hydrogen) atoms. The molecule has 1 aromatic heterocycles. The molecule has 0 saturated carbocycles. The summed E-state index contributed by atoms with van der Waals surface area (Å²) in [6.45, 7) is 9.59. The van der Waals surface area contributed by atoms with Gasteiger partial charge in [0.25, 0.3) is 0 Å². The Morgan fingerprint density at radius 1 is 0.870 bits per heavy atom. The quantitative estimate of drug-likeness (QED) is 0.132. The number of allylic oxidation sites excluding steroid dienone is 2. The van der Waals surface area contributed by atoms with Crippen LogP contribution in [0.3, 0.4) is 0 Å². The number of hydrogen-bond acceptors (Lipinski definition) is 8. The van der Waals surface area contributed by atoms with Gasteiger partial charge >= 0.3 is 0 Å². The molecule has 1 unspecified atom stereocenters. The molecule has 248 valence electrons. The number of aromatic nitrogens is 1. The first-order valence-electron chi connectivity index (χ1n) is 16.0. The van der Waals surface area contributed by atoms with Crippen molar-refractivity contribution >= 4 is 16.3 Å². The lowest BCUT2D eigenvalue weighted by atomic mass is 9.96. The van der Waals surface area contributed by atoms with E-state index >= 15 is 0 Å². The summed E-state index contributed by atoms with van der Waals surface area (Å²) in [6, 6.07) is 12.8. The van der Waals surface area contributed by atoms with E-state index in [-0.39, 0.29) is 6.10 Å². The van der Waals surface area contributed by atoms with Gasteiger partial charge in [0.15, 0.2) is 23.0 Å². The highest BCUT2D eigenvalue weighted by Crippen LogP contribution is 2.43. The number of methoxy groups -OCH3 is 6. The fraction of sp³-hybridized carbons (Fsp3) is 0.447. The molecule has 3 aromatic rings. The highest BCUT2D eigenvalue weighted by molar-refractivity contribution is 5.93. The van der Waals surface area contributed by atoms with E-state index in [1.165, 1.54) is 16.7 Å². The summed E-state index contributed by atoms with van der Waals surface area (Å²) in [4.78, 5) is 7.22. The van der Waals surface area contributed by atoms with Crippen LogP contribution in [0.25, 0.3) is 16.3 Å². The summed E-state index contributed by atoms with van der Waals surface area (Å²) >= 11 is 0. The van der Waals surface area contributed by atoms with Gasteiger partial charge in [-0.3, -0.25) is 9.88 Å². The first kappa shape index (κ1) is 34.9. The predicted octanol–water partition coefficient (Wildman–Crippen LogP) is 7.75. The molecule has 2 aromatic carbocycles. The van der Waals surface area contributed by atoms with Crippen molar-refractivity contribution in [1.82, 2.24) is 9.88 Å². The molecule has 1 atom stereocenters. The highest BCUT2D eigenvalue weighted by atomic mass is 16.5. The Morgan fingerprint density at radius 3 is 2.35 bits per heavy atom. The van der Waals surface area contributed by atoms with E-state index < -0.39 is 0 Å². The Kier molecular flexibility index (Phi) is 12.9. The van der Waals surface area contributed by atoms with Crippen LogP contribution in [0.4, 0.5) is 0 Å². The minimum atomic E-state index is -0.201. The van der Waals surface area contributed by atoms with E-state index in [0.717, 1.165) is 73.8 Å². The molecule has 0 spiro atoms. The molecule has 0 saturated heterocycles. The van der Waals surface area contributed by atoms with Gasteiger partial charge in [-0.2, -0.15) is 0 Å². The van der Waals surface area contributed by atoms with Crippen molar-refractivity contribution in [2.45, 2.75) is 58.1 Å². The van der Waals surface area contributed by atoms with Crippen molar-refractivity contribution in [1.29, 1.82) is 0 Å². The summed E-state index contributed by atoms with van der Waals surface area (Å²) < 4.78 is 33.6. The van der Waals surface area contributed by atoms with Crippen LogP contribution >= 0.6 is 0 Å². The summed E-state index contributed by atoms with van der Waals surface area (Å²) in [5, 5.41) is 2.08. The second-order valence-electron chi connectivity index (χ2n) is 11.6. The van der Waals surface area contributed by atoms with Crippen molar-refractivity contribution in [3.05, 3.63) is 89.2 Å². The van der Waals surface area contributed by atoms with Gasteiger partial charge in [0, 0.05) is 31.7 Å². The van der Waals surface area contributed by atoms with Crippen molar-refractivity contribution < 1.29 is 28.4 Å². The number of rotatable bonds is 18. The van der Waals surface area contributed by atoms with E-state index in [9.17, 15) is 0 Å². The van der Waals surface area contributed by atoms with Crippen LogP contribution in [0.15, 0.2) is 72.3 Å². The smallest absolute Gasteiger partial charge is 0.203 e. The van der Waals surface area contributed by atoms with Gasteiger partial charge in [-0.05, 0) is 91.6 Å². The third-order valence-electron chi connectivity index (χ3n) is 8.55. The SMILES string of the molecule is C=C(CCCN(CCC)Cc1ccnc(C2=CC(OC)=C(OC)C(OC)C2)c1)CCc1ccc2c(OC)c(OC)c(OC)cc2c1. The standard InChI is InChI=1S/C38H50N2O6/c1-9-18-40(25-28-16-17-39-32(21-28)30-23-33(41-3)37(45-7)34(24-30)42-4)19-10-11-26(2)12-13-27-14-15-31-29(20-27)22-35(43-5)38(46-8)36(31)44-6/h14-17,20-23,34H,2,9-13,18-19,24-25H2,1,3-8H3. The molecule has 1 heterocycles. The van der Waals surface area contributed by atoms with Gasteiger partial charge in [0.2, 0.25) is 5.75 Å². The number of hydrogen-bond donors (Lipinski definition) is 0. The summed E-state index contributed by atoms with van der Waals surface area (Å²) in [5.74, 6) is 3.35. The maximum atomic E-state index is 5.69. The highest BCUT2D eigenvalue weighted by Gasteiger charge is 2.27. The maximum absolute atomic E-state index is 5.69. The van der Waals surface area contributed by atoms with Crippen LogP contribution in [0.5, 0.6) is 17.2 Å². The van der Waals surface area contributed by atoms with Crippen molar-refractivity contribution in [3.63, 3.8) is 0 Å². The molecule has 1 aliphatic rings. The molecular weight excluding hydrogens is 580 g/mol. The molecule has 0 radical (unpaired) electrons. The molecule has 8 heteroatoms. The van der Waals surface area contributed by atoms with Gasteiger partial charge in [-0.25, -0.2) is 0 Å². The fourth-order valence-corrected chi connectivity index (χ4v) is 6.17. The number of aryl methyl sites for hydroxylation is 1. The van der Waals surface area contributed by atoms with Crippen LogP contribution in [0.2, 0.25) is 0 Å². The van der Waals surface area contributed by atoms with Gasteiger partial charge in [-0.15, -0.1) is 0 Å². The van der Waals surface area contributed by atoms with Gasteiger partial charge in [0.1, 0.15) is 6.10 Å². The van der Waals surface area contributed by atoms with Gasteiger partial charge in [-0.1, -0.05) is 37.3 Å². The maximum Gasteiger partial charge on any atom is 0.203 e. The molecule has 8 nitrogen and oxygen atoms in total. The van der Waals surface area contributed by atoms with Crippen LogP contribution in [-0.4, -0.2) is 71.7 Å². The molecule has 0 aliphatic heterocycles. The molecule has 0 N–H and O–H groups in total. The van der Waals surface area contributed by atoms with Crippen LogP contribution in [-0.2, 0) is 27.2 Å². The Labute approximate surface area is 274 Å². The first-order chi connectivity index (χ1) is 22.4. The summed E-state index contributed by atoms with van der Waals surface area (Å²) in [5.41, 5.74) is 5.81. The Morgan fingerprint density at radius 2 is 1.67 bits per heavy atom. The lowest BCUT2D eigenvalue weighted by Gasteiger charge is -2.26. The van der Waals surface area contributed by atoms with E-state index in [0.29, 0.717) is 35.2 Å². The molecule has 0 amide bonds. The van der Waals surface area contributed by atoms with Crippen LogP contribution in [0.1, 0.15) is 55.8 Å². The van der Waals surface area contributed by atoms with E-state index in [2.05, 4.69) is 53.7 Å². The van der Waals surface area contributed by atoms with Gasteiger partial charge < -0.3 is 28.4 Å². The number of ether oxygens (including phenoxy) is 6. The average molecular weight is 631 g/mol. The molecule has 4 rings (SSSR count). The number of benzene rings is 2. The third-order valence-corrected chi connectivity index (χ3v) is 8.55.